The van der Waals surface area contributed by atoms with Gasteiger partial charge in [0.25, 0.3) is 0 Å². The van der Waals surface area contributed by atoms with Crippen LogP contribution in [0.4, 0.5) is 11.6 Å². The summed E-state index contributed by atoms with van der Waals surface area (Å²) in [6.45, 7) is 10.1. The average Bonchev–Trinajstić information content (AvgIpc) is 3.20. The van der Waals surface area contributed by atoms with Crippen LogP contribution in [0.3, 0.4) is 0 Å². The predicted octanol–water partition coefficient (Wildman–Crippen LogP) is 3.69. The average molecular weight is 441 g/mol. The quantitative estimate of drug-likeness (QED) is 0.518. The van der Waals surface area contributed by atoms with E-state index < -0.39 is 0 Å². The molecule has 1 atom stereocenters. The molecule has 168 valence electrons. The number of aromatic nitrogens is 4. The largest absolute Gasteiger partial charge is 0.363 e. The third-order valence-corrected chi connectivity index (χ3v) is 6.64. The maximum Gasteiger partial charge on any atom is 0.236 e. The fourth-order valence-electron chi connectivity index (χ4n) is 4.61. The van der Waals surface area contributed by atoms with E-state index in [0.717, 1.165) is 65.5 Å². The molecule has 0 bridgehead atoms. The Morgan fingerprint density at radius 3 is 2.64 bits per heavy atom. The van der Waals surface area contributed by atoms with Gasteiger partial charge in [0.15, 0.2) is 0 Å². The van der Waals surface area contributed by atoms with Crippen LogP contribution in [0.25, 0.3) is 16.7 Å². The molecule has 33 heavy (non-hydrogen) atoms. The number of nitrogens with one attached hydrogen (secondary N) is 1. The fourth-order valence-corrected chi connectivity index (χ4v) is 4.61. The van der Waals surface area contributed by atoms with Crippen LogP contribution in [-0.2, 0) is 0 Å². The molecule has 0 saturated carbocycles. The number of fused-ring (bicyclic) bond motifs is 3. The van der Waals surface area contributed by atoms with Gasteiger partial charge in [-0.2, -0.15) is 10.2 Å². The zero-order valence-corrected chi connectivity index (χ0v) is 19.5. The summed E-state index contributed by atoms with van der Waals surface area (Å²) in [7, 11) is 2.15. The molecular weight excluding hydrogens is 412 g/mol. The molecule has 0 spiro atoms. The predicted molar refractivity (Wildman–Crippen MR) is 131 cm³/mol. The van der Waals surface area contributed by atoms with Crippen LogP contribution in [0.1, 0.15) is 35.3 Å². The molecular formula is C25H28N8. The van der Waals surface area contributed by atoms with Gasteiger partial charge >= 0.3 is 0 Å². The monoisotopic (exact) mass is 440 g/mol. The SMILES string of the molecule is Cc1c(C#N)cccc1C(C)Nc1nc2ncc(C)n2c2cnc(N3CCN(C)CC3)cc12. The molecule has 4 aromatic rings. The number of piperazine rings is 1. The number of rotatable bonds is 4. The molecule has 1 unspecified atom stereocenters. The highest BCUT2D eigenvalue weighted by atomic mass is 15.3. The zero-order chi connectivity index (χ0) is 23.1. The van der Waals surface area contributed by atoms with Crippen LogP contribution in [0.2, 0.25) is 0 Å². The minimum atomic E-state index is -0.0345. The van der Waals surface area contributed by atoms with Gasteiger partial charge in [-0.25, -0.2) is 9.97 Å². The first-order chi connectivity index (χ1) is 16.0. The van der Waals surface area contributed by atoms with Crippen molar-refractivity contribution in [3.63, 3.8) is 0 Å². The Labute approximate surface area is 193 Å². The van der Waals surface area contributed by atoms with Crippen LogP contribution in [-0.4, -0.2) is 57.5 Å². The van der Waals surface area contributed by atoms with Crippen LogP contribution in [0.15, 0.2) is 36.7 Å². The van der Waals surface area contributed by atoms with Gasteiger partial charge in [-0.05, 0) is 51.1 Å². The molecule has 1 fully saturated rings. The molecule has 1 N–H and O–H groups in total. The van der Waals surface area contributed by atoms with Gasteiger partial charge in [0, 0.05) is 37.3 Å². The van der Waals surface area contributed by atoms with Crippen molar-refractivity contribution in [3.05, 3.63) is 59.0 Å². The summed E-state index contributed by atoms with van der Waals surface area (Å²) in [5.74, 6) is 2.38. The number of nitrogens with zero attached hydrogens (tertiary/aromatic N) is 7. The standard InChI is InChI=1S/C25H28N8/c1-16-14-28-25-30-24(29-18(3)20-7-5-6-19(13-26)17(20)2)21-12-23(27-15-22(21)33(16)25)32-10-8-31(4)9-11-32/h5-7,12,14-15,18H,8-11H2,1-4H3,(H,28,29,30). The van der Waals surface area contributed by atoms with E-state index in [2.05, 4.69) is 52.3 Å². The van der Waals surface area contributed by atoms with Crippen molar-refractivity contribution in [2.24, 2.45) is 0 Å². The molecule has 1 aromatic carbocycles. The number of benzene rings is 1. The normalized spacial score (nSPS) is 15.7. The maximum atomic E-state index is 9.44. The number of pyridine rings is 1. The van der Waals surface area contributed by atoms with Gasteiger partial charge in [-0.3, -0.25) is 4.40 Å². The Hall–Kier alpha value is -3.70. The number of anilines is 2. The Balaban J connectivity index is 1.60. The number of likely N-dealkylation sites (N-methyl/N-ethyl adjacent to an activating group) is 1. The minimum Gasteiger partial charge on any atom is -0.363 e. The Kier molecular flexibility index (Phi) is 5.35. The van der Waals surface area contributed by atoms with E-state index >= 15 is 0 Å². The number of aryl methyl sites for hydroxylation is 1. The second-order valence-electron chi connectivity index (χ2n) is 8.84. The number of hydrogen-bond donors (Lipinski definition) is 1. The second kappa shape index (κ2) is 8.34. The van der Waals surface area contributed by atoms with E-state index in [9.17, 15) is 5.26 Å². The van der Waals surface area contributed by atoms with Gasteiger partial charge in [-0.1, -0.05) is 12.1 Å². The van der Waals surface area contributed by atoms with Gasteiger partial charge in [0.05, 0.1) is 35.6 Å². The molecule has 5 rings (SSSR count). The summed E-state index contributed by atoms with van der Waals surface area (Å²) in [4.78, 5) is 18.9. The second-order valence-corrected chi connectivity index (χ2v) is 8.84. The molecule has 3 aromatic heterocycles. The maximum absolute atomic E-state index is 9.44. The summed E-state index contributed by atoms with van der Waals surface area (Å²) in [6, 6.07) is 10.2. The van der Waals surface area contributed by atoms with Crippen molar-refractivity contribution < 1.29 is 0 Å². The highest BCUT2D eigenvalue weighted by molar-refractivity contribution is 5.92. The molecule has 8 heteroatoms. The molecule has 4 heterocycles. The van der Waals surface area contributed by atoms with E-state index in [4.69, 9.17) is 9.97 Å². The first kappa shape index (κ1) is 21.2. The van der Waals surface area contributed by atoms with Crippen molar-refractivity contribution in [1.82, 2.24) is 24.3 Å². The highest BCUT2D eigenvalue weighted by Gasteiger charge is 2.20. The van der Waals surface area contributed by atoms with E-state index in [0.29, 0.717) is 11.3 Å². The van der Waals surface area contributed by atoms with Crippen LogP contribution < -0.4 is 10.2 Å². The van der Waals surface area contributed by atoms with Crippen molar-refractivity contribution in [1.29, 1.82) is 5.26 Å². The summed E-state index contributed by atoms with van der Waals surface area (Å²) < 4.78 is 2.05. The van der Waals surface area contributed by atoms with E-state index in [-0.39, 0.29) is 6.04 Å². The Morgan fingerprint density at radius 1 is 1.09 bits per heavy atom. The van der Waals surface area contributed by atoms with E-state index in [1.807, 2.05) is 42.8 Å². The van der Waals surface area contributed by atoms with Gasteiger partial charge in [-0.15, -0.1) is 0 Å². The van der Waals surface area contributed by atoms with Gasteiger partial charge < -0.3 is 15.1 Å². The number of hydrogen-bond acceptors (Lipinski definition) is 7. The summed E-state index contributed by atoms with van der Waals surface area (Å²) in [5, 5.41) is 14.1. The van der Waals surface area contributed by atoms with Crippen LogP contribution >= 0.6 is 0 Å². The first-order valence-electron chi connectivity index (χ1n) is 11.3. The molecule has 1 saturated heterocycles. The lowest BCUT2D eigenvalue weighted by atomic mass is 9.98. The van der Waals surface area contributed by atoms with Gasteiger partial charge in [0.1, 0.15) is 11.6 Å². The summed E-state index contributed by atoms with van der Waals surface area (Å²) in [5.41, 5.74) is 4.76. The fraction of sp³-hybridized carbons (Fsp3) is 0.360. The van der Waals surface area contributed by atoms with Crippen molar-refractivity contribution >= 4 is 28.3 Å². The lowest BCUT2D eigenvalue weighted by Crippen LogP contribution is -2.44. The number of nitriles is 1. The van der Waals surface area contributed by atoms with Crippen LogP contribution in [0, 0.1) is 25.2 Å². The number of imidazole rings is 1. The van der Waals surface area contributed by atoms with E-state index in [1.165, 1.54) is 0 Å². The Bertz CT molecular complexity index is 1370. The van der Waals surface area contributed by atoms with Crippen molar-refractivity contribution in [3.8, 4) is 6.07 Å². The Morgan fingerprint density at radius 2 is 1.88 bits per heavy atom. The summed E-state index contributed by atoms with van der Waals surface area (Å²) in [6.07, 6.45) is 3.77. The van der Waals surface area contributed by atoms with Crippen LogP contribution in [0.5, 0.6) is 0 Å². The first-order valence-corrected chi connectivity index (χ1v) is 11.3. The third-order valence-electron chi connectivity index (χ3n) is 6.64. The lowest BCUT2D eigenvalue weighted by molar-refractivity contribution is 0.312. The van der Waals surface area contributed by atoms with E-state index in [1.54, 1.807) is 0 Å². The smallest absolute Gasteiger partial charge is 0.236 e. The molecule has 0 radical (unpaired) electrons. The summed E-state index contributed by atoms with van der Waals surface area (Å²) >= 11 is 0. The van der Waals surface area contributed by atoms with Gasteiger partial charge in [0.2, 0.25) is 5.78 Å². The molecule has 0 amide bonds. The minimum absolute atomic E-state index is 0.0345. The highest BCUT2D eigenvalue weighted by Crippen LogP contribution is 2.31. The molecule has 0 aliphatic carbocycles. The molecule has 8 nitrogen and oxygen atoms in total. The molecule has 1 aliphatic heterocycles. The third kappa shape index (κ3) is 3.74. The zero-order valence-electron chi connectivity index (χ0n) is 19.5. The topological polar surface area (TPSA) is 85.4 Å². The van der Waals surface area contributed by atoms with Crippen molar-refractivity contribution in [2.75, 3.05) is 43.4 Å². The molecule has 1 aliphatic rings. The lowest BCUT2D eigenvalue weighted by Gasteiger charge is -2.33. The van der Waals surface area contributed by atoms with Crippen molar-refractivity contribution in [2.45, 2.75) is 26.8 Å².